The van der Waals surface area contributed by atoms with E-state index in [4.69, 9.17) is 21.1 Å². The lowest BCUT2D eigenvalue weighted by molar-refractivity contribution is -0.119. The van der Waals surface area contributed by atoms with Crippen molar-refractivity contribution in [3.63, 3.8) is 0 Å². The summed E-state index contributed by atoms with van der Waals surface area (Å²) in [5.41, 5.74) is 1.19. The van der Waals surface area contributed by atoms with Gasteiger partial charge in [0.25, 0.3) is 11.8 Å². The second-order valence-corrected chi connectivity index (χ2v) is 5.88. The molecule has 26 heavy (non-hydrogen) atoms. The van der Waals surface area contributed by atoms with Crippen molar-refractivity contribution < 1.29 is 19.1 Å². The van der Waals surface area contributed by atoms with Crippen molar-refractivity contribution in [3.05, 3.63) is 59.1 Å². The van der Waals surface area contributed by atoms with Gasteiger partial charge in [-0.25, -0.2) is 4.90 Å². The molecule has 5 nitrogen and oxygen atoms in total. The number of carbonyl (C=O) groups excluding carboxylic acids is 2. The Morgan fingerprint density at radius 2 is 1.54 bits per heavy atom. The summed E-state index contributed by atoms with van der Waals surface area (Å²) in [4.78, 5) is 26.6. The van der Waals surface area contributed by atoms with Crippen molar-refractivity contribution in [2.24, 2.45) is 0 Å². The molecule has 1 heterocycles. The average Bonchev–Trinajstić information content (AvgIpc) is 2.87. The van der Waals surface area contributed by atoms with Crippen LogP contribution in [0.2, 0.25) is 0 Å². The zero-order chi connectivity index (χ0) is 18.7. The zero-order valence-corrected chi connectivity index (χ0v) is 15.2. The molecule has 0 bridgehead atoms. The number of carbonyl (C=O) groups is 2. The molecule has 1 aliphatic rings. The lowest BCUT2D eigenvalue weighted by Crippen LogP contribution is -2.31. The maximum Gasteiger partial charge on any atom is 0.277 e. The number of rotatable bonds is 6. The molecule has 6 heteroatoms. The van der Waals surface area contributed by atoms with Crippen LogP contribution in [0, 0.1) is 0 Å². The van der Waals surface area contributed by atoms with E-state index in [-0.39, 0.29) is 10.6 Å². The Morgan fingerprint density at radius 1 is 0.885 bits per heavy atom. The van der Waals surface area contributed by atoms with Crippen molar-refractivity contribution in [1.82, 2.24) is 0 Å². The van der Waals surface area contributed by atoms with E-state index in [1.807, 2.05) is 19.9 Å². The number of benzene rings is 2. The highest BCUT2D eigenvalue weighted by atomic mass is 35.5. The second-order valence-electron chi connectivity index (χ2n) is 5.50. The smallest absolute Gasteiger partial charge is 0.277 e. The highest BCUT2D eigenvalue weighted by Gasteiger charge is 2.39. The van der Waals surface area contributed by atoms with E-state index in [1.165, 1.54) is 0 Å². The lowest BCUT2D eigenvalue weighted by Gasteiger charge is -2.18. The summed E-state index contributed by atoms with van der Waals surface area (Å²) in [5.74, 6) is 0.0104. The van der Waals surface area contributed by atoms with Crippen LogP contribution in [0.5, 0.6) is 11.5 Å². The van der Waals surface area contributed by atoms with Crippen LogP contribution in [0.25, 0.3) is 5.57 Å². The van der Waals surface area contributed by atoms with Crippen LogP contribution in [0.1, 0.15) is 19.4 Å². The summed E-state index contributed by atoms with van der Waals surface area (Å²) >= 11 is 6.20. The molecule has 0 radical (unpaired) electrons. The number of halogens is 1. The first-order valence-electron chi connectivity index (χ1n) is 8.32. The monoisotopic (exact) mass is 371 g/mol. The molecule has 2 amide bonds. The topological polar surface area (TPSA) is 55.8 Å². The first-order chi connectivity index (χ1) is 12.6. The van der Waals surface area contributed by atoms with Crippen molar-refractivity contribution >= 4 is 34.7 Å². The lowest BCUT2D eigenvalue weighted by atomic mass is 10.1. The summed E-state index contributed by atoms with van der Waals surface area (Å²) < 4.78 is 11.1. The van der Waals surface area contributed by atoms with E-state index in [0.29, 0.717) is 36.0 Å². The van der Waals surface area contributed by atoms with Gasteiger partial charge in [0.05, 0.1) is 24.5 Å². The number of hydrogen-bond acceptors (Lipinski definition) is 4. The Morgan fingerprint density at radius 3 is 2.19 bits per heavy atom. The summed E-state index contributed by atoms with van der Waals surface area (Å²) in [5, 5.41) is -0.0898. The number of anilines is 1. The molecule has 134 valence electrons. The molecule has 0 spiro atoms. The maximum absolute atomic E-state index is 12.9. The van der Waals surface area contributed by atoms with Gasteiger partial charge in [0, 0.05) is 6.07 Å². The fourth-order valence-electron chi connectivity index (χ4n) is 2.77. The number of hydrogen-bond donors (Lipinski definition) is 0. The van der Waals surface area contributed by atoms with Crippen molar-refractivity contribution in [1.29, 1.82) is 0 Å². The number of ether oxygens (including phenoxy) is 2. The summed E-state index contributed by atoms with van der Waals surface area (Å²) in [6, 6.07) is 13.8. The fraction of sp³-hybridized carbons (Fsp3) is 0.200. The van der Waals surface area contributed by atoms with Gasteiger partial charge < -0.3 is 9.47 Å². The quantitative estimate of drug-likeness (QED) is 0.720. The highest BCUT2D eigenvalue weighted by Crippen LogP contribution is 2.38. The molecule has 0 saturated heterocycles. The molecule has 0 atom stereocenters. The van der Waals surface area contributed by atoms with Gasteiger partial charge in [0.2, 0.25) is 0 Å². The summed E-state index contributed by atoms with van der Waals surface area (Å²) in [6.07, 6.45) is 0. The fourth-order valence-corrected chi connectivity index (χ4v) is 3.05. The van der Waals surface area contributed by atoms with Crippen LogP contribution < -0.4 is 14.4 Å². The Balaban J connectivity index is 2.00. The molecule has 0 aromatic heterocycles. The molecule has 1 aliphatic heterocycles. The van der Waals surface area contributed by atoms with Crippen LogP contribution in [-0.2, 0) is 9.59 Å². The SMILES string of the molecule is CCOc1ccc(N2C(=O)C(Cl)=C(c3ccccc3)C2=O)cc1OCC. The Hall–Kier alpha value is -2.79. The van der Waals surface area contributed by atoms with E-state index in [0.717, 1.165) is 4.90 Å². The van der Waals surface area contributed by atoms with Crippen LogP contribution in [0.3, 0.4) is 0 Å². The zero-order valence-electron chi connectivity index (χ0n) is 14.5. The van der Waals surface area contributed by atoms with Crippen LogP contribution >= 0.6 is 11.6 Å². The molecule has 0 aliphatic carbocycles. The molecule has 0 N–H and O–H groups in total. The van der Waals surface area contributed by atoms with Gasteiger partial charge in [-0.15, -0.1) is 0 Å². The third-order valence-electron chi connectivity index (χ3n) is 3.87. The van der Waals surface area contributed by atoms with Crippen LogP contribution in [-0.4, -0.2) is 25.0 Å². The van der Waals surface area contributed by atoms with Gasteiger partial charge in [0.15, 0.2) is 11.5 Å². The average molecular weight is 372 g/mol. The van der Waals surface area contributed by atoms with Crippen LogP contribution in [0.15, 0.2) is 53.6 Å². The Kier molecular flexibility index (Phi) is 5.28. The van der Waals surface area contributed by atoms with Gasteiger partial charge in [-0.2, -0.15) is 0 Å². The molecular formula is C20H18ClNO4. The number of nitrogens with zero attached hydrogens (tertiary/aromatic N) is 1. The summed E-state index contributed by atoms with van der Waals surface area (Å²) in [6.45, 7) is 4.62. The Bertz CT molecular complexity index is 877. The van der Waals surface area contributed by atoms with E-state index in [9.17, 15) is 9.59 Å². The minimum atomic E-state index is -0.554. The van der Waals surface area contributed by atoms with E-state index < -0.39 is 11.8 Å². The number of imide groups is 1. The van der Waals surface area contributed by atoms with E-state index in [2.05, 4.69) is 0 Å². The molecule has 2 aromatic rings. The Labute approximate surface area is 156 Å². The number of amides is 2. The van der Waals surface area contributed by atoms with E-state index >= 15 is 0 Å². The molecule has 0 unspecified atom stereocenters. The molecule has 0 fully saturated rings. The minimum absolute atomic E-state index is 0.0898. The molecule has 0 saturated carbocycles. The molecular weight excluding hydrogens is 354 g/mol. The van der Waals surface area contributed by atoms with Crippen molar-refractivity contribution in [3.8, 4) is 11.5 Å². The first kappa shape index (κ1) is 18.0. The highest BCUT2D eigenvalue weighted by molar-refractivity contribution is 6.60. The molecule has 2 aromatic carbocycles. The minimum Gasteiger partial charge on any atom is -0.490 e. The van der Waals surface area contributed by atoms with Crippen LogP contribution in [0.4, 0.5) is 5.69 Å². The van der Waals surface area contributed by atoms with Gasteiger partial charge in [-0.05, 0) is 31.5 Å². The van der Waals surface area contributed by atoms with E-state index in [1.54, 1.807) is 42.5 Å². The van der Waals surface area contributed by atoms with Gasteiger partial charge >= 0.3 is 0 Å². The largest absolute Gasteiger partial charge is 0.490 e. The van der Waals surface area contributed by atoms with Gasteiger partial charge in [-0.3, -0.25) is 9.59 Å². The summed E-state index contributed by atoms with van der Waals surface area (Å²) in [7, 11) is 0. The maximum atomic E-state index is 12.9. The van der Waals surface area contributed by atoms with Gasteiger partial charge in [0.1, 0.15) is 5.03 Å². The van der Waals surface area contributed by atoms with Crippen molar-refractivity contribution in [2.75, 3.05) is 18.1 Å². The predicted octanol–water partition coefficient (Wildman–Crippen LogP) is 4.01. The predicted molar refractivity (Wildman–Crippen MR) is 100 cm³/mol. The first-order valence-corrected chi connectivity index (χ1v) is 8.69. The standard InChI is InChI=1S/C20H18ClNO4/c1-3-25-15-11-10-14(12-16(15)26-4-2)22-19(23)17(18(21)20(22)24)13-8-6-5-7-9-13/h5-12H,3-4H2,1-2H3. The second kappa shape index (κ2) is 7.62. The third kappa shape index (κ3) is 3.18. The normalized spacial score (nSPS) is 14.2. The van der Waals surface area contributed by atoms with Crippen molar-refractivity contribution in [2.45, 2.75) is 13.8 Å². The van der Waals surface area contributed by atoms with Gasteiger partial charge in [-0.1, -0.05) is 41.9 Å². The third-order valence-corrected chi connectivity index (χ3v) is 4.23. The molecule has 3 rings (SSSR count).